The van der Waals surface area contributed by atoms with E-state index in [1.807, 2.05) is 0 Å². The topological polar surface area (TPSA) is 78.4 Å². The molecule has 1 heterocycles. The van der Waals surface area contributed by atoms with E-state index in [0.29, 0.717) is 12.5 Å². The average molecular weight is 186 g/mol. The maximum absolute atomic E-state index is 11.1. The van der Waals surface area contributed by atoms with Crippen molar-refractivity contribution in [1.29, 1.82) is 0 Å². The number of rotatable bonds is 4. The molecule has 1 fully saturated rings. The van der Waals surface area contributed by atoms with Crippen LogP contribution < -0.4 is 10.6 Å². The predicted octanol–water partition coefficient (Wildman–Crippen LogP) is -0.957. The van der Waals surface area contributed by atoms with Gasteiger partial charge in [0.25, 0.3) is 0 Å². The van der Waals surface area contributed by atoms with E-state index in [1.54, 1.807) is 0 Å². The Labute approximate surface area is 76.5 Å². The third-order valence-electron chi connectivity index (χ3n) is 2.19. The highest BCUT2D eigenvalue weighted by Gasteiger charge is 2.22. The van der Waals surface area contributed by atoms with E-state index >= 15 is 0 Å². The molecule has 0 unspecified atom stereocenters. The van der Waals surface area contributed by atoms with Crippen LogP contribution in [0.1, 0.15) is 6.92 Å². The molecule has 1 atom stereocenters. The second-order valence-electron chi connectivity index (χ2n) is 3.33. The number of carbonyl (C=O) groups is 2. The maximum atomic E-state index is 11.1. The molecule has 0 saturated carbocycles. The Morgan fingerprint density at radius 1 is 1.62 bits per heavy atom. The molecule has 1 aliphatic rings. The summed E-state index contributed by atoms with van der Waals surface area (Å²) in [6.45, 7) is 3.77. The Morgan fingerprint density at radius 3 is 2.62 bits per heavy atom. The fraction of sp³-hybridized carbons (Fsp3) is 0.750. The van der Waals surface area contributed by atoms with Crippen molar-refractivity contribution in [2.75, 3.05) is 19.6 Å². The standard InChI is InChI=1S/C8H14N2O3/c1-5(8(12)13)7(11)10-4-6-2-9-3-6/h5-6,9H,2-4H2,1H3,(H,10,11)(H,12,13)/t5-/m0/s1. The molecule has 13 heavy (non-hydrogen) atoms. The van der Waals surface area contributed by atoms with Gasteiger partial charge in [-0.25, -0.2) is 0 Å². The van der Waals surface area contributed by atoms with E-state index < -0.39 is 17.8 Å². The highest BCUT2D eigenvalue weighted by molar-refractivity contribution is 5.96. The zero-order valence-corrected chi connectivity index (χ0v) is 7.54. The summed E-state index contributed by atoms with van der Waals surface area (Å²) in [6.07, 6.45) is 0. The second kappa shape index (κ2) is 4.23. The van der Waals surface area contributed by atoms with Crippen molar-refractivity contribution in [3.63, 3.8) is 0 Å². The summed E-state index contributed by atoms with van der Waals surface area (Å²) in [7, 11) is 0. The van der Waals surface area contributed by atoms with Gasteiger partial charge in [0.2, 0.25) is 5.91 Å². The van der Waals surface area contributed by atoms with E-state index in [0.717, 1.165) is 13.1 Å². The summed E-state index contributed by atoms with van der Waals surface area (Å²) in [6, 6.07) is 0. The lowest BCUT2D eigenvalue weighted by atomic mass is 10.0. The summed E-state index contributed by atoms with van der Waals surface area (Å²) in [4.78, 5) is 21.5. The number of carboxylic acid groups (broad SMARTS) is 1. The molecule has 5 nitrogen and oxygen atoms in total. The van der Waals surface area contributed by atoms with Crippen molar-refractivity contribution < 1.29 is 14.7 Å². The van der Waals surface area contributed by atoms with Crippen molar-refractivity contribution in [3.05, 3.63) is 0 Å². The SMILES string of the molecule is C[C@H](C(=O)O)C(=O)NCC1CNC1. The first kappa shape index (κ1) is 9.98. The van der Waals surface area contributed by atoms with Crippen LogP contribution in [0.5, 0.6) is 0 Å². The highest BCUT2D eigenvalue weighted by Crippen LogP contribution is 2.01. The van der Waals surface area contributed by atoms with Crippen molar-refractivity contribution in [2.45, 2.75) is 6.92 Å². The first-order valence-corrected chi connectivity index (χ1v) is 4.32. The summed E-state index contributed by atoms with van der Waals surface area (Å²) < 4.78 is 0. The van der Waals surface area contributed by atoms with E-state index in [4.69, 9.17) is 5.11 Å². The normalized spacial score (nSPS) is 18.8. The molecule has 0 bridgehead atoms. The fourth-order valence-corrected chi connectivity index (χ4v) is 1.00. The van der Waals surface area contributed by atoms with E-state index in [-0.39, 0.29) is 0 Å². The first-order valence-electron chi connectivity index (χ1n) is 4.32. The molecule has 3 N–H and O–H groups in total. The summed E-state index contributed by atoms with van der Waals surface area (Å²) in [5.41, 5.74) is 0. The Balaban J connectivity index is 2.19. The predicted molar refractivity (Wildman–Crippen MR) is 46.2 cm³/mol. The van der Waals surface area contributed by atoms with Crippen LogP contribution in [0, 0.1) is 11.8 Å². The zero-order valence-electron chi connectivity index (χ0n) is 7.54. The summed E-state index contributed by atoms with van der Waals surface area (Å²) in [5, 5.41) is 14.2. The summed E-state index contributed by atoms with van der Waals surface area (Å²) in [5.74, 6) is -1.97. The fourth-order valence-electron chi connectivity index (χ4n) is 1.00. The Kier molecular flexibility index (Phi) is 3.25. The molecule has 0 aromatic rings. The lowest BCUT2D eigenvalue weighted by Gasteiger charge is -2.27. The van der Waals surface area contributed by atoms with Crippen LogP contribution in [0.15, 0.2) is 0 Å². The molecule has 0 radical (unpaired) electrons. The van der Waals surface area contributed by atoms with Crippen LogP contribution in [0.4, 0.5) is 0 Å². The number of hydrogen-bond acceptors (Lipinski definition) is 3. The van der Waals surface area contributed by atoms with Gasteiger partial charge in [-0.3, -0.25) is 9.59 Å². The van der Waals surface area contributed by atoms with Crippen molar-refractivity contribution in [1.82, 2.24) is 10.6 Å². The number of carbonyl (C=O) groups excluding carboxylic acids is 1. The Hall–Kier alpha value is -1.10. The number of nitrogens with one attached hydrogen (secondary N) is 2. The quantitative estimate of drug-likeness (QED) is 0.494. The van der Waals surface area contributed by atoms with Gasteiger partial charge in [0.05, 0.1) is 0 Å². The van der Waals surface area contributed by atoms with Gasteiger partial charge in [0.1, 0.15) is 5.92 Å². The zero-order chi connectivity index (χ0) is 9.84. The number of carboxylic acids is 1. The molecule has 1 amide bonds. The minimum absolute atomic E-state index is 0.403. The van der Waals surface area contributed by atoms with Crippen LogP contribution in [0.3, 0.4) is 0 Å². The third-order valence-corrected chi connectivity index (χ3v) is 2.19. The van der Waals surface area contributed by atoms with Crippen LogP contribution in [-0.2, 0) is 9.59 Å². The van der Waals surface area contributed by atoms with Gasteiger partial charge in [-0.1, -0.05) is 0 Å². The molecule has 1 aliphatic heterocycles. The lowest BCUT2D eigenvalue weighted by Crippen LogP contribution is -2.49. The molecule has 0 aromatic carbocycles. The molecule has 1 saturated heterocycles. The average Bonchev–Trinajstić information content (AvgIpc) is 1.99. The molecular weight excluding hydrogens is 172 g/mol. The van der Waals surface area contributed by atoms with E-state index in [9.17, 15) is 9.59 Å². The Morgan fingerprint density at radius 2 is 2.23 bits per heavy atom. The molecule has 74 valence electrons. The largest absolute Gasteiger partial charge is 0.481 e. The smallest absolute Gasteiger partial charge is 0.315 e. The van der Waals surface area contributed by atoms with Gasteiger partial charge in [-0.05, 0) is 6.92 Å². The van der Waals surface area contributed by atoms with Gasteiger partial charge in [-0.2, -0.15) is 0 Å². The number of aliphatic carboxylic acids is 1. The molecular formula is C8H14N2O3. The van der Waals surface area contributed by atoms with Gasteiger partial charge in [-0.15, -0.1) is 0 Å². The third kappa shape index (κ3) is 2.69. The Bertz CT molecular complexity index is 213. The lowest BCUT2D eigenvalue weighted by molar-refractivity contribution is -0.146. The minimum Gasteiger partial charge on any atom is -0.481 e. The monoisotopic (exact) mass is 186 g/mol. The van der Waals surface area contributed by atoms with Crippen LogP contribution in [-0.4, -0.2) is 36.6 Å². The van der Waals surface area contributed by atoms with Gasteiger partial charge in [0.15, 0.2) is 0 Å². The van der Waals surface area contributed by atoms with E-state index in [2.05, 4.69) is 10.6 Å². The molecule has 1 rings (SSSR count). The number of amides is 1. The van der Waals surface area contributed by atoms with Gasteiger partial charge < -0.3 is 15.7 Å². The molecule has 0 aromatic heterocycles. The molecule has 0 spiro atoms. The number of hydrogen-bond donors (Lipinski definition) is 3. The maximum Gasteiger partial charge on any atom is 0.315 e. The van der Waals surface area contributed by atoms with Crippen molar-refractivity contribution >= 4 is 11.9 Å². The van der Waals surface area contributed by atoms with Gasteiger partial charge >= 0.3 is 5.97 Å². The van der Waals surface area contributed by atoms with Crippen LogP contribution >= 0.6 is 0 Å². The molecule has 5 heteroatoms. The van der Waals surface area contributed by atoms with Crippen molar-refractivity contribution in [3.8, 4) is 0 Å². The van der Waals surface area contributed by atoms with Gasteiger partial charge in [0, 0.05) is 25.6 Å². The first-order chi connectivity index (χ1) is 6.11. The van der Waals surface area contributed by atoms with Crippen LogP contribution in [0.2, 0.25) is 0 Å². The highest BCUT2D eigenvalue weighted by atomic mass is 16.4. The minimum atomic E-state index is -1.08. The second-order valence-corrected chi connectivity index (χ2v) is 3.33. The van der Waals surface area contributed by atoms with E-state index in [1.165, 1.54) is 6.92 Å². The van der Waals surface area contributed by atoms with Crippen LogP contribution in [0.25, 0.3) is 0 Å². The van der Waals surface area contributed by atoms with Crippen molar-refractivity contribution in [2.24, 2.45) is 11.8 Å². The summed E-state index contributed by atoms with van der Waals surface area (Å²) >= 11 is 0. The molecule has 0 aliphatic carbocycles.